The molecule has 0 aliphatic heterocycles. The van der Waals surface area contributed by atoms with Gasteiger partial charge in [-0.2, -0.15) is 0 Å². The Morgan fingerprint density at radius 1 is 0.551 bits per heavy atom. The Labute approximate surface area is 296 Å². The standard InChI is InChI=1S/C49H56/c1-34-22-26-38(27-23-34)49(37-19-11-12-20-37,39-28-24-35(2)25-29-39)41-40-21-17-18-36(3)46(40,8)48(10)45(7)33-16-14-31-43(45,5)42(4)30-13-15-32-44(42,6)47(41,48)9/h11-19,21-33,40-41H,20H2,1-10H3. The third kappa shape index (κ3) is 3.26. The summed E-state index contributed by atoms with van der Waals surface area (Å²) in [5.41, 5.74) is 7.00. The average molecular weight is 645 g/mol. The van der Waals surface area contributed by atoms with E-state index in [0.717, 1.165) is 6.42 Å². The predicted molar refractivity (Wildman–Crippen MR) is 208 cm³/mol. The molecule has 2 aromatic rings. The van der Waals surface area contributed by atoms with Gasteiger partial charge in [0.1, 0.15) is 0 Å². The molecule has 6 aliphatic rings. The molecule has 6 aliphatic carbocycles. The monoisotopic (exact) mass is 644 g/mol. The van der Waals surface area contributed by atoms with Crippen LogP contribution in [0.3, 0.4) is 0 Å². The van der Waals surface area contributed by atoms with Crippen molar-refractivity contribution in [1.29, 1.82) is 0 Å². The maximum Gasteiger partial charge on any atom is 0.0457 e. The van der Waals surface area contributed by atoms with Crippen molar-refractivity contribution in [2.45, 2.75) is 81.1 Å². The first kappa shape index (κ1) is 32.6. The second-order valence-electron chi connectivity index (χ2n) is 17.9. The lowest BCUT2D eigenvalue weighted by Crippen LogP contribution is -2.76. The summed E-state index contributed by atoms with van der Waals surface area (Å²) in [6, 6.07) is 19.4. The van der Waals surface area contributed by atoms with E-state index in [-0.39, 0.29) is 55.2 Å². The SMILES string of the molecule is CC1=CC=CC2C(C(C3=CC=CC3)(c3ccc(C)cc3)c3ccc(C)cc3)C3(C)C4(C)C=CC=CC4(C)C4(C)C=CC=CC4(C)C3(C)C12C. The van der Waals surface area contributed by atoms with Gasteiger partial charge >= 0.3 is 0 Å². The highest BCUT2D eigenvalue weighted by atomic mass is 14.9. The van der Waals surface area contributed by atoms with E-state index in [1.54, 1.807) is 0 Å². The molecule has 0 heterocycles. The zero-order chi connectivity index (χ0) is 34.9. The van der Waals surface area contributed by atoms with E-state index in [4.69, 9.17) is 0 Å². The van der Waals surface area contributed by atoms with Gasteiger partial charge in [-0.1, -0.05) is 204 Å². The molecule has 9 atom stereocenters. The minimum Gasteiger partial charge on any atom is -0.0804 e. The lowest BCUT2D eigenvalue weighted by molar-refractivity contribution is -0.275. The quantitative estimate of drug-likeness (QED) is 0.311. The van der Waals surface area contributed by atoms with Crippen LogP contribution in [-0.4, -0.2) is 0 Å². The Morgan fingerprint density at radius 3 is 1.55 bits per heavy atom. The summed E-state index contributed by atoms with van der Waals surface area (Å²) >= 11 is 0. The van der Waals surface area contributed by atoms with E-state index in [9.17, 15) is 0 Å². The molecule has 0 amide bonds. The topological polar surface area (TPSA) is 0 Å². The first-order valence-corrected chi connectivity index (χ1v) is 18.8. The van der Waals surface area contributed by atoms with Crippen molar-refractivity contribution in [3.63, 3.8) is 0 Å². The van der Waals surface area contributed by atoms with E-state index in [0.29, 0.717) is 0 Å². The highest BCUT2D eigenvalue weighted by Crippen LogP contribution is 2.92. The van der Waals surface area contributed by atoms with Crippen LogP contribution in [0.2, 0.25) is 0 Å². The number of fused-ring (bicyclic) bond motifs is 8. The second-order valence-corrected chi connectivity index (χ2v) is 17.9. The van der Waals surface area contributed by atoms with Gasteiger partial charge in [0.15, 0.2) is 0 Å². The number of allylic oxidation sites excluding steroid dienone is 16. The fourth-order valence-electron chi connectivity index (χ4n) is 13.9. The van der Waals surface area contributed by atoms with Crippen molar-refractivity contribution in [2.24, 2.45) is 49.7 Å². The number of hydrogen-bond donors (Lipinski definition) is 0. The molecule has 0 heteroatoms. The van der Waals surface area contributed by atoms with E-state index >= 15 is 0 Å². The maximum atomic E-state index is 2.77. The highest BCUT2D eigenvalue weighted by molar-refractivity contribution is 5.60. The van der Waals surface area contributed by atoms with Crippen LogP contribution in [0, 0.1) is 63.6 Å². The number of hydrogen-bond acceptors (Lipinski definition) is 0. The van der Waals surface area contributed by atoms with Crippen LogP contribution in [0.5, 0.6) is 0 Å². The molecule has 0 aromatic heterocycles. The van der Waals surface area contributed by atoms with Gasteiger partial charge in [-0.05, 0) is 61.0 Å². The Hall–Kier alpha value is -3.64. The van der Waals surface area contributed by atoms with Gasteiger partial charge in [-0.3, -0.25) is 0 Å². The summed E-state index contributed by atoms with van der Waals surface area (Å²) in [5.74, 6) is 0.517. The largest absolute Gasteiger partial charge is 0.0804 e. The zero-order valence-electron chi connectivity index (χ0n) is 31.6. The highest BCUT2D eigenvalue weighted by Gasteiger charge is 2.88. The molecule has 252 valence electrons. The second kappa shape index (κ2) is 9.99. The number of aryl methyl sites for hydroxylation is 2. The van der Waals surface area contributed by atoms with Crippen LogP contribution < -0.4 is 0 Å². The molecule has 0 saturated heterocycles. The normalized spacial score (nSPS) is 42.7. The van der Waals surface area contributed by atoms with E-state index in [1.165, 1.54) is 33.4 Å². The van der Waals surface area contributed by atoms with E-state index in [1.807, 2.05) is 0 Å². The fraction of sp³-hybridized carbons (Fsp3) is 0.429. The van der Waals surface area contributed by atoms with Gasteiger partial charge in [-0.25, -0.2) is 0 Å². The minimum absolute atomic E-state index is 0.126. The molecule has 2 saturated carbocycles. The third-order valence-electron chi connectivity index (χ3n) is 17.3. The molecule has 0 spiro atoms. The summed E-state index contributed by atoms with van der Waals surface area (Å²) < 4.78 is 0. The van der Waals surface area contributed by atoms with Crippen molar-refractivity contribution in [3.8, 4) is 0 Å². The molecular formula is C49H56. The Balaban J connectivity index is 1.61. The van der Waals surface area contributed by atoms with Crippen LogP contribution in [0.1, 0.15) is 84.1 Å². The lowest BCUT2D eigenvalue weighted by atomic mass is 9.22. The van der Waals surface area contributed by atoms with Gasteiger partial charge in [0.05, 0.1) is 0 Å². The molecule has 0 bridgehead atoms. The summed E-state index contributed by atoms with van der Waals surface area (Å²) in [6.07, 6.45) is 35.7. The van der Waals surface area contributed by atoms with E-state index < -0.39 is 0 Å². The van der Waals surface area contributed by atoms with Crippen LogP contribution in [-0.2, 0) is 5.41 Å². The van der Waals surface area contributed by atoms with Crippen LogP contribution in [0.25, 0.3) is 0 Å². The average Bonchev–Trinajstić information content (AvgIpc) is 3.68. The van der Waals surface area contributed by atoms with Gasteiger partial charge in [0.25, 0.3) is 0 Å². The van der Waals surface area contributed by atoms with Crippen molar-refractivity contribution < 1.29 is 0 Å². The van der Waals surface area contributed by atoms with Crippen molar-refractivity contribution in [2.75, 3.05) is 0 Å². The van der Waals surface area contributed by atoms with Gasteiger partial charge in [0, 0.05) is 32.5 Å². The van der Waals surface area contributed by atoms with Gasteiger partial charge in [0.2, 0.25) is 0 Å². The molecule has 8 rings (SSSR count). The van der Waals surface area contributed by atoms with Crippen molar-refractivity contribution >= 4 is 0 Å². The summed E-state index contributed by atoms with van der Waals surface area (Å²) in [4.78, 5) is 0. The van der Waals surface area contributed by atoms with Crippen LogP contribution in [0.4, 0.5) is 0 Å². The zero-order valence-corrected chi connectivity index (χ0v) is 31.6. The number of rotatable bonds is 4. The fourth-order valence-corrected chi connectivity index (χ4v) is 13.9. The maximum absolute atomic E-state index is 2.77. The Kier molecular flexibility index (Phi) is 6.64. The molecule has 2 fully saturated rings. The Bertz CT molecular complexity index is 1920. The summed E-state index contributed by atoms with van der Waals surface area (Å²) in [7, 11) is 0. The first-order valence-electron chi connectivity index (χ1n) is 18.8. The Morgan fingerprint density at radius 2 is 1.04 bits per heavy atom. The predicted octanol–water partition coefficient (Wildman–Crippen LogP) is 12.5. The molecule has 0 N–H and O–H groups in total. The van der Waals surface area contributed by atoms with Gasteiger partial charge < -0.3 is 0 Å². The molecule has 9 unspecified atom stereocenters. The first-order chi connectivity index (χ1) is 23.1. The molecule has 0 nitrogen and oxygen atoms in total. The summed E-state index contributed by atoms with van der Waals surface area (Å²) in [5, 5.41) is 0. The van der Waals surface area contributed by atoms with Crippen molar-refractivity contribution in [1.82, 2.24) is 0 Å². The minimum atomic E-state index is -0.372. The molecular weight excluding hydrogens is 589 g/mol. The third-order valence-corrected chi connectivity index (χ3v) is 17.3. The van der Waals surface area contributed by atoms with Crippen LogP contribution in [0.15, 0.2) is 145 Å². The lowest BCUT2D eigenvalue weighted by Gasteiger charge is -2.80. The number of benzene rings is 2. The molecule has 0 radical (unpaired) electrons. The van der Waals surface area contributed by atoms with Crippen LogP contribution >= 0.6 is 0 Å². The van der Waals surface area contributed by atoms with E-state index in [2.05, 4.69) is 203 Å². The molecule has 49 heavy (non-hydrogen) atoms. The smallest absolute Gasteiger partial charge is 0.0457 e. The van der Waals surface area contributed by atoms with Crippen molar-refractivity contribution in [3.05, 3.63) is 167 Å². The van der Waals surface area contributed by atoms with Gasteiger partial charge in [-0.15, -0.1) is 0 Å². The summed E-state index contributed by atoms with van der Waals surface area (Å²) in [6.45, 7) is 25.6. The molecule has 2 aromatic carbocycles.